The minimum atomic E-state index is -4.67. The molecule has 0 aliphatic rings. The number of phenolic OH excluding ortho intramolecular Hbond substituents is 1. The Labute approximate surface area is 82.6 Å². The van der Waals surface area contributed by atoms with Gasteiger partial charge < -0.3 is 10.8 Å². The predicted molar refractivity (Wildman–Crippen MR) is 52.4 cm³/mol. The fourth-order valence-corrected chi connectivity index (χ4v) is 0.428. The van der Waals surface area contributed by atoms with Crippen molar-refractivity contribution in [3.05, 3.63) is 30.3 Å². The predicted octanol–water partition coefficient (Wildman–Crippen LogP) is 0.314. The quantitative estimate of drug-likeness (QED) is 0.470. The van der Waals surface area contributed by atoms with Gasteiger partial charge in [0.25, 0.3) is 0 Å². The largest absolute Gasteiger partial charge is 0.508 e. The summed E-state index contributed by atoms with van der Waals surface area (Å²) in [5.74, 6) is 0.322. The molecule has 0 unspecified atom stereocenters. The molecular weight excluding hydrogens is 210 g/mol. The fourth-order valence-electron chi connectivity index (χ4n) is 0.428. The Hall–Kier alpha value is -1.15. The van der Waals surface area contributed by atoms with Crippen LogP contribution in [0.2, 0.25) is 0 Å². The summed E-state index contributed by atoms with van der Waals surface area (Å²) < 4.78 is 31.6. The van der Waals surface area contributed by atoms with Crippen molar-refractivity contribution < 1.29 is 22.6 Å². The highest BCUT2D eigenvalue weighted by molar-refractivity contribution is 7.79. The van der Waals surface area contributed by atoms with Gasteiger partial charge in [0.2, 0.25) is 0 Å². The average molecular weight is 223 g/mol. The van der Waals surface area contributed by atoms with E-state index < -0.39 is 10.4 Å². The molecule has 0 aromatic heterocycles. The summed E-state index contributed by atoms with van der Waals surface area (Å²) >= 11 is 0. The van der Waals surface area contributed by atoms with E-state index in [1.54, 1.807) is 24.3 Å². The minimum Gasteiger partial charge on any atom is -0.508 e. The molecule has 0 fully saturated rings. The number of phenols is 1. The van der Waals surface area contributed by atoms with Crippen molar-refractivity contribution in [2.75, 3.05) is 7.05 Å². The standard InChI is InChI=1S/C6H6O.CH5N.H2O4S/c7-6-4-2-1-3-5-6;1-2;1-5(2,3)4/h1-5,7H;2H2,1H3;(H2,1,2,3,4). The van der Waals surface area contributed by atoms with E-state index in [4.69, 9.17) is 22.6 Å². The third-order valence-corrected chi connectivity index (χ3v) is 0.756. The Morgan fingerprint density at radius 1 is 1.07 bits per heavy atom. The monoisotopic (exact) mass is 223 g/mol. The summed E-state index contributed by atoms with van der Waals surface area (Å²) in [4.78, 5) is 0. The van der Waals surface area contributed by atoms with Crippen molar-refractivity contribution in [1.29, 1.82) is 0 Å². The van der Waals surface area contributed by atoms with Crippen LogP contribution in [-0.4, -0.2) is 29.7 Å². The van der Waals surface area contributed by atoms with E-state index in [1.165, 1.54) is 7.05 Å². The normalized spacial score (nSPS) is 8.86. The van der Waals surface area contributed by atoms with Gasteiger partial charge in [-0.2, -0.15) is 8.42 Å². The number of rotatable bonds is 0. The van der Waals surface area contributed by atoms with Crippen LogP contribution in [0.5, 0.6) is 5.75 Å². The Kier molecular flexibility index (Phi) is 9.25. The molecule has 1 aromatic carbocycles. The lowest BCUT2D eigenvalue weighted by molar-refractivity contribution is 0.381. The van der Waals surface area contributed by atoms with E-state index >= 15 is 0 Å². The highest BCUT2D eigenvalue weighted by Crippen LogP contribution is 2.02. The van der Waals surface area contributed by atoms with Crippen molar-refractivity contribution in [1.82, 2.24) is 0 Å². The van der Waals surface area contributed by atoms with Crippen LogP contribution in [0.15, 0.2) is 30.3 Å². The van der Waals surface area contributed by atoms with Gasteiger partial charge in [-0.05, 0) is 19.2 Å². The second kappa shape index (κ2) is 8.45. The van der Waals surface area contributed by atoms with E-state index in [-0.39, 0.29) is 0 Å². The second-order valence-electron chi connectivity index (χ2n) is 1.78. The third kappa shape index (κ3) is 22.4. The molecule has 6 nitrogen and oxygen atoms in total. The summed E-state index contributed by atoms with van der Waals surface area (Å²) in [6.07, 6.45) is 0. The van der Waals surface area contributed by atoms with Crippen molar-refractivity contribution in [2.24, 2.45) is 5.73 Å². The van der Waals surface area contributed by atoms with Crippen molar-refractivity contribution in [3.63, 3.8) is 0 Å². The van der Waals surface area contributed by atoms with E-state index in [2.05, 4.69) is 5.73 Å². The van der Waals surface area contributed by atoms with Crippen LogP contribution in [0, 0.1) is 0 Å². The molecular formula is C7H13NO5S. The van der Waals surface area contributed by atoms with E-state index in [9.17, 15) is 0 Å². The van der Waals surface area contributed by atoms with Gasteiger partial charge in [-0.25, -0.2) is 0 Å². The van der Waals surface area contributed by atoms with Crippen molar-refractivity contribution >= 4 is 10.4 Å². The van der Waals surface area contributed by atoms with Crippen LogP contribution in [-0.2, 0) is 10.4 Å². The van der Waals surface area contributed by atoms with E-state index in [0.717, 1.165) is 0 Å². The molecule has 0 amide bonds. The summed E-state index contributed by atoms with van der Waals surface area (Å²) in [5, 5.41) is 8.63. The number of hydrogen-bond donors (Lipinski definition) is 4. The molecule has 5 N–H and O–H groups in total. The molecule has 0 bridgehead atoms. The molecule has 0 aliphatic heterocycles. The van der Waals surface area contributed by atoms with Crippen LogP contribution in [0.4, 0.5) is 0 Å². The summed E-state index contributed by atoms with van der Waals surface area (Å²) in [6.45, 7) is 0. The zero-order valence-electron chi connectivity index (χ0n) is 7.53. The molecule has 0 heterocycles. The molecule has 0 saturated heterocycles. The average Bonchev–Trinajstić information content (AvgIpc) is 2.06. The lowest BCUT2D eigenvalue weighted by Gasteiger charge is -1.82. The molecule has 0 spiro atoms. The Bertz CT molecular complexity index is 302. The molecule has 82 valence electrons. The lowest BCUT2D eigenvalue weighted by Crippen LogP contribution is -1.89. The second-order valence-corrected chi connectivity index (χ2v) is 2.68. The maximum atomic E-state index is 8.74. The van der Waals surface area contributed by atoms with Gasteiger partial charge in [-0.3, -0.25) is 9.11 Å². The van der Waals surface area contributed by atoms with Crippen LogP contribution in [0.25, 0.3) is 0 Å². The molecule has 14 heavy (non-hydrogen) atoms. The number of nitrogens with two attached hydrogens (primary N) is 1. The number of para-hydroxylation sites is 1. The topological polar surface area (TPSA) is 121 Å². The Morgan fingerprint density at radius 3 is 1.50 bits per heavy atom. The fraction of sp³-hybridized carbons (Fsp3) is 0.143. The van der Waals surface area contributed by atoms with E-state index in [0.29, 0.717) is 5.75 Å². The molecule has 0 aliphatic carbocycles. The first-order chi connectivity index (χ1) is 6.39. The van der Waals surface area contributed by atoms with Crippen LogP contribution in [0.3, 0.4) is 0 Å². The van der Waals surface area contributed by atoms with Gasteiger partial charge in [0.05, 0.1) is 0 Å². The van der Waals surface area contributed by atoms with Crippen molar-refractivity contribution in [3.8, 4) is 5.75 Å². The van der Waals surface area contributed by atoms with Gasteiger partial charge in [0.15, 0.2) is 0 Å². The minimum absolute atomic E-state index is 0.322. The Balaban J connectivity index is 0. The van der Waals surface area contributed by atoms with E-state index in [1.807, 2.05) is 6.07 Å². The molecule has 1 aromatic rings. The zero-order chi connectivity index (χ0) is 11.6. The van der Waals surface area contributed by atoms with Gasteiger partial charge >= 0.3 is 10.4 Å². The number of benzene rings is 1. The van der Waals surface area contributed by atoms with Gasteiger partial charge in [-0.1, -0.05) is 18.2 Å². The van der Waals surface area contributed by atoms with Gasteiger partial charge in [0, 0.05) is 0 Å². The maximum Gasteiger partial charge on any atom is 0.394 e. The number of aromatic hydroxyl groups is 1. The third-order valence-electron chi connectivity index (χ3n) is 0.756. The van der Waals surface area contributed by atoms with Crippen molar-refractivity contribution in [2.45, 2.75) is 0 Å². The smallest absolute Gasteiger partial charge is 0.394 e. The first-order valence-electron chi connectivity index (χ1n) is 3.41. The molecule has 0 radical (unpaired) electrons. The molecule has 0 saturated carbocycles. The highest BCUT2D eigenvalue weighted by atomic mass is 32.3. The van der Waals surface area contributed by atoms with Gasteiger partial charge in [-0.15, -0.1) is 0 Å². The molecule has 1 rings (SSSR count). The summed E-state index contributed by atoms with van der Waals surface area (Å²) in [7, 11) is -3.17. The SMILES string of the molecule is CN.O=S(=O)(O)O.Oc1ccccc1. The molecule has 7 heteroatoms. The zero-order valence-corrected chi connectivity index (χ0v) is 8.35. The van der Waals surface area contributed by atoms with Crippen LogP contribution < -0.4 is 5.73 Å². The maximum absolute atomic E-state index is 8.74. The summed E-state index contributed by atoms with van der Waals surface area (Å²) in [6, 6.07) is 8.71. The van der Waals surface area contributed by atoms with Gasteiger partial charge in [0.1, 0.15) is 5.75 Å². The lowest BCUT2D eigenvalue weighted by atomic mass is 10.3. The molecule has 0 atom stereocenters. The first-order valence-corrected chi connectivity index (χ1v) is 4.81. The highest BCUT2D eigenvalue weighted by Gasteiger charge is 1.84. The Morgan fingerprint density at radius 2 is 1.36 bits per heavy atom. The first kappa shape index (κ1) is 15.3. The van der Waals surface area contributed by atoms with Crippen LogP contribution >= 0.6 is 0 Å². The van der Waals surface area contributed by atoms with Crippen LogP contribution in [0.1, 0.15) is 0 Å². The summed E-state index contributed by atoms with van der Waals surface area (Å²) in [5.41, 5.74) is 4.50. The number of hydrogen-bond acceptors (Lipinski definition) is 4.